The van der Waals surface area contributed by atoms with Crippen LogP contribution in [0, 0.1) is 0 Å². The van der Waals surface area contributed by atoms with E-state index in [0.717, 1.165) is 13.1 Å². The lowest BCUT2D eigenvalue weighted by molar-refractivity contribution is 0.162. The molecule has 0 aromatic carbocycles. The van der Waals surface area contributed by atoms with Gasteiger partial charge in [0.25, 0.3) is 0 Å². The molecule has 1 aromatic heterocycles. The van der Waals surface area contributed by atoms with Crippen molar-refractivity contribution in [1.29, 1.82) is 0 Å². The Balaban J connectivity index is 2.04. The van der Waals surface area contributed by atoms with Crippen molar-refractivity contribution in [3.63, 3.8) is 0 Å². The summed E-state index contributed by atoms with van der Waals surface area (Å²) >= 11 is 0. The highest BCUT2D eigenvalue weighted by Crippen LogP contribution is 2.24. The van der Waals surface area contributed by atoms with Gasteiger partial charge in [-0.05, 0) is 18.6 Å². The fourth-order valence-corrected chi connectivity index (χ4v) is 2.35. The van der Waals surface area contributed by atoms with E-state index in [1.807, 2.05) is 6.20 Å². The highest BCUT2D eigenvalue weighted by Gasteiger charge is 2.21. The van der Waals surface area contributed by atoms with Crippen LogP contribution in [-0.4, -0.2) is 36.1 Å². The van der Waals surface area contributed by atoms with Gasteiger partial charge < -0.3 is 10.3 Å². The van der Waals surface area contributed by atoms with Crippen LogP contribution >= 0.6 is 0 Å². The van der Waals surface area contributed by atoms with E-state index in [1.165, 1.54) is 31.6 Å². The molecule has 0 amide bonds. The topological polar surface area (TPSA) is 31.1 Å². The quantitative estimate of drug-likeness (QED) is 0.788. The summed E-state index contributed by atoms with van der Waals surface area (Å²) in [6.07, 6.45) is 4.52. The van der Waals surface area contributed by atoms with Crippen LogP contribution in [-0.2, 0) is 0 Å². The van der Waals surface area contributed by atoms with E-state index in [1.54, 1.807) is 0 Å². The summed E-state index contributed by atoms with van der Waals surface area (Å²) in [5, 5.41) is 3.41. The molecular formula is C12H21N3. The van der Waals surface area contributed by atoms with Crippen molar-refractivity contribution in [2.24, 2.45) is 0 Å². The zero-order valence-corrected chi connectivity index (χ0v) is 9.50. The lowest BCUT2D eigenvalue weighted by Gasteiger charge is -2.34. The summed E-state index contributed by atoms with van der Waals surface area (Å²) in [5.41, 5.74) is 1.37. The summed E-state index contributed by atoms with van der Waals surface area (Å²) in [7, 11) is 0. The zero-order chi connectivity index (χ0) is 10.5. The number of aromatic nitrogens is 1. The van der Waals surface area contributed by atoms with Crippen LogP contribution in [0.3, 0.4) is 0 Å². The molecule has 1 aliphatic heterocycles. The first-order valence-electron chi connectivity index (χ1n) is 6.00. The maximum Gasteiger partial charge on any atom is 0.0499 e. The van der Waals surface area contributed by atoms with Crippen LogP contribution < -0.4 is 5.32 Å². The van der Waals surface area contributed by atoms with E-state index in [2.05, 4.69) is 34.3 Å². The van der Waals surface area contributed by atoms with Crippen molar-refractivity contribution in [3.05, 3.63) is 24.0 Å². The van der Waals surface area contributed by atoms with Crippen LogP contribution in [0.2, 0.25) is 0 Å². The van der Waals surface area contributed by atoms with Crippen molar-refractivity contribution < 1.29 is 0 Å². The molecule has 2 heterocycles. The van der Waals surface area contributed by atoms with Gasteiger partial charge in [0, 0.05) is 44.1 Å². The molecule has 1 atom stereocenters. The summed E-state index contributed by atoms with van der Waals surface area (Å²) in [6, 6.07) is 4.90. The summed E-state index contributed by atoms with van der Waals surface area (Å²) in [5.74, 6) is 0. The molecule has 84 valence electrons. The second-order valence-corrected chi connectivity index (χ2v) is 4.22. The average Bonchev–Trinajstić information content (AvgIpc) is 2.80. The second-order valence-electron chi connectivity index (χ2n) is 4.22. The Kier molecular flexibility index (Phi) is 3.80. The Morgan fingerprint density at radius 3 is 2.80 bits per heavy atom. The second kappa shape index (κ2) is 5.33. The maximum absolute atomic E-state index is 3.41. The van der Waals surface area contributed by atoms with Crippen LogP contribution in [0.25, 0.3) is 0 Å². The van der Waals surface area contributed by atoms with E-state index in [0.29, 0.717) is 6.04 Å². The molecule has 3 heteroatoms. The van der Waals surface area contributed by atoms with Crippen molar-refractivity contribution in [3.8, 4) is 0 Å². The molecule has 0 radical (unpaired) electrons. The Morgan fingerprint density at radius 1 is 1.40 bits per heavy atom. The van der Waals surface area contributed by atoms with Gasteiger partial charge in [0.2, 0.25) is 0 Å². The van der Waals surface area contributed by atoms with Crippen LogP contribution in [0.15, 0.2) is 18.3 Å². The van der Waals surface area contributed by atoms with E-state index in [4.69, 9.17) is 0 Å². The van der Waals surface area contributed by atoms with Crippen molar-refractivity contribution in [2.75, 3.05) is 26.2 Å². The van der Waals surface area contributed by atoms with Gasteiger partial charge >= 0.3 is 0 Å². The SMILES string of the molecule is CCC[C@@H](c1ccc[nH]1)N1CCNCC1. The molecule has 2 rings (SSSR count). The number of nitrogens with one attached hydrogen (secondary N) is 2. The molecule has 0 bridgehead atoms. The molecule has 15 heavy (non-hydrogen) atoms. The molecule has 0 spiro atoms. The van der Waals surface area contributed by atoms with E-state index < -0.39 is 0 Å². The number of nitrogens with zero attached hydrogens (tertiary/aromatic N) is 1. The van der Waals surface area contributed by atoms with E-state index >= 15 is 0 Å². The van der Waals surface area contributed by atoms with Gasteiger partial charge in [-0.15, -0.1) is 0 Å². The van der Waals surface area contributed by atoms with Crippen LogP contribution in [0.1, 0.15) is 31.5 Å². The predicted octanol–water partition coefficient (Wildman–Crippen LogP) is 1.76. The lowest BCUT2D eigenvalue weighted by atomic mass is 10.1. The monoisotopic (exact) mass is 207 g/mol. The van der Waals surface area contributed by atoms with Gasteiger partial charge in [0.05, 0.1) is 0 Å². The average molecular weight is 207 g/mol. The minimum atomic E-state index is 0.590. The smallest absolute Gasteiger partial charge is 0.0499 e. The van der Waals surface area contributed by atoms with Crippen molar-refractivity contribution in [2.45, 2.75) is 25.8 Å². The number of aromatic amines is 1. The highest BCUT2D eigenvalue weighted by molar-refractivity contribution is 5.09. The van der Waals surface area contributed by atoms with Gasteiger partial charge in [-0.2, -0.15) is 0 Å². The lowest BCUT2D eigenvalue weighted by Crippen LogP contribution is -2.45. The predicted molar refractivity (Wildman–Crippen MR) is 62.9 cm³/mol. The van der Waals surface area contributed by atoms with Gasteiger partial charge in [-0.3, -0.25) is 4.90 Å². The van der Waals surface area contributed by atoms with E-state index in [-0.39, 0.29) is 0 Å². The largest absolute Gasteiger partial charge is 0.364 e. The molecule has 1 fully saturated rings. The van der Waals surface area contributed by atoms with Crippen molar-refractivity contribution in [1.82, 2.24) is 15.2 Å². The minimum Gasteiger partial charge on any atom is -0.364 e. The molecule has 0 saturated carbocycles. The maximum atomic E-state index is 3.41. The number of H-pyrrole nitrogens is 1. The van der Waals surface area contributed by atoms with Gasteiger partial charge in [-0.25, -0.2) is 0 Å². The fraction of sp³-hybridized carbons (Fsp3) is 0.667. The third-order valence-electron chi connectivity index (χ3n) is 3.14. The summed E-state index contributed by atoms with van der Waals surface area (Å²) < 4.78 is 0. The Hall–Kier alpha value is -0.800. The van der Waals surface area contributed by atoms with Crippen LogP contribution in [0.5, 0.6) is 0 Å². The first-order valence-corrected chi connectivity index (χ1v) is 6.00. The number of rotatable bonds is 4. The van der Waals surface area contributed by atoms with Gasteiger partial charge in [0.1, 0.15) is 0 Å². The van der Waals surface area contributed by atoms with Crippen molar-refractivity contribution >= 4 is 0 Å². The first kappa shape index (κ1) is 10.7. The standard InChI is InChI=1S/C12H21N3/c1-2-4-12(11-5-3-6-14-11)15-9-7-13-8-10-15/h3,5-6,12-14H,2,4,7-10H2,1H3/t12-/m0/s1. The molecule has 2 N–H and O–H groups in total. The Bertz CT molecular complexity index is 262. The number of hydrogen-bond acceptors (Lipinski definition) is 2. The number of hydrogen-bond donors (Lipinski definition) is 2. The highest BCUT2D eigenvalue weighted by atomic mass is 15.2. The van der Waals surface area contributed by atoms with E-state index in [9.17, 15) is 0 Å². The zero-order valence-electron chi connectivity index (χ0n) is 9.50. The van der Waals surface area contributed by atoms with Gasteiger partial charge in [0.15, 0.2) is 0 Å². The molecular weight excluding hydrogens is 186 g/mol. The normalized spacial score (nSPS) is 20.3. The fourth-order valence-electron chi connectivity index (χ4n) is 2.35. The summed E-state index contributed by atoms with van der Waals surface area (Å²) in [6.45, 7) is 6.85. The molecule has 0 unspecified atom stereocenters. The third-order valence-corrected chi connectivity index (χ3v) is 3.14. The van der Waals surface area contributed by atoms with Gasteiger partial charge in [-0.1, -0.05) is 13.3 Å². The number of piperazine rings is 1. The molecule has 1 aromatic rings. The molecule has 1 saturated heterocycles. The first-order chi connectivity index (χ1) is 7.42. The molecule has 0 aliphatic carbocycles. The molecule has 1 aliphatic rings. The third kappa shape index (κ3) is 2.61. The Morgan fingerprint density at radius 2 is 2.20 bits per heavy atom. The van der Waals surface area contributed by atoms with Crippen LogP contribution in [0.4, 0.5) is 0 Å². The molecule has 3 nitrogen and oxygen atoms in total. The Labute approximate surface area is 91.9 Å². The minimum absolute atomic E-state index is 0.590. The summed E-state index contributed by atoms with van der Waals surface area (Å²) in [4.78, 5) is 5.95.